The Morgan fingerprint density at radius 2 is 2.33 bits per heavy atom. The van der Waals surface area contributed by atoms with Crippen LogP contribution < -0.4 is 0 Å². The minimum atomic E-state index is 0.369. The van der Waals surface area contributed by atoms with Crippen LogP contribution in [0.5, 0.6) is 0 Å². The Kier molecular flexibility index (Phi) is 3.27. The summed E-state index contributed by atoms with van der Waals surface area (Å²) in [5, 5.41) is 0. The largest absolute Gasteiger partial charge is 0.291 e. The fraction of sp³-hybridized carbons (Fsp3) is 0.182. The molecule has 0 saturated carbocycles. The maximum atomic E-state index is 9.89. The third-order valence-corrected chi connectivity index (χ3v) is 1.55. The summed E-state index contributed by atoms with van der Waals surface area (Å²) in [6, 6.07) is 8.12. The van der Waals surface area contributed by atoms with Crippen LogP contribution in [0.3, 0.4) is 0 Å². The van der Waals surface area contributed by atoms with Gasteiger partial charge in [-0.1, -0.05) is 42.0 Å². The molecule has 0 heterocycles. The lowest BCUT2D eigenvalue weighted by atomic mass is 10.1. The minimum Gasteiger partial charge on any atom is -0.291 e. The summed E-state index contributed by atoms with van der Waals surface area (Å²) in [7, 11) is 0. The van der Waals surface area contributed by atoms with E-state index in [1.807, 2.05) is 43.6 Å². The van der Waals surface area contributed by atoms with Crippen molar-refractivity contribution in [3.8, 4) is 0 Å². The second-order valence-corrected chi connectivity index (χ2v) is 2.66. The Hall–Kier alpha value is -1.37. The second kappa shape index (κ2) is 4.50. The quantitative estimate of drug-likeness (QED) is 0.662. The highest BCUT2D eigenvalue weighted by atomic mass is 16.1. The van der Waals surface area contributed by atoms with Crippen molar-refractivity contribution in [2.75, 3.05) is 0 Å². The molecule has 0 aliphatic carbocycles. The molecule has 61 valence electrons. The molecule has 0 atom stereocenters. The average molecular weight is 159 g/mol. The molecule has 0 N–H and O–H groups in total. The Balaban J connectivity index is 2.69. The zero-order valence-corrected chi connectivity index (χ0v) is 7.08. The molecule has 1 heteroatoms. The highest BCUT2D eigenvalue weighted by molar-refractivity contribution is 5.58. The third-order valence-electron chi connectivity index (χ3n) is 1.55. The Labute approximate surface area is 72.7 Å². The van der Waals surface area contributed by atoms with E-state index in [1.165, 1.54) is 5.56 Å². The predicted molar refractivity (Wildman–Crippen MR) is 50.5 cm³/mol. The summed E-state index contributed by atoms with van der Waals surface area (Å²) in [6.45, 7) is 2.04. The molecular formula is C11H11O. The first-order valence-electron chi connectivity index (χ1n) is 3.91. The maximum Gasteiger partial charge on any atom is 0.202 e. The number of hydrogen-bond donors (Lipinski definition) is 0. The number of hydrogen-bond acceptors (Lipinski definition) is 1. The summed E-state index contributed by atoms with van der Waals surface area (Å²) < 4.78 is 0. The van der Waals surface area contributed by atoms with E-state index in [1.54, 1.807) is 0 Å². The van der Waals surface area contributed by atoms with E-state index in [-0.39, 0.29) is 0 Å². The zero-order chi connectivity index (χ0) is 8.81. The normalized spacial score (nSPS) is 10.4. The Bertz CT molecular complexity index is 287. The van der Waals surface area contributed by atoms with Crippen molar-refractivity contribution in [1.82, 2.24) is 0 Å². The van der Waals surface area contributed by atoms with Crippen LogP contribution in [-0.2, 0) is 4.79 Å². The maximum absolute atomic E-state index is 9.89. The summed E-state index contributed by atoms with van der Waals surface area (Å²) in [5.74, 6) is 0. The molecule has 12 heavy (non-hydrogen) atoms. The molecule has 0 amide bonds. The van der Waals surface area contributed by atoms with E-state index in [4.69, 9.17) is 0 Å². The van der Waals surface area contributed by atoms with Gasteiger partial charge in [0.15, 0.2) is 0 Å². The second-order valence-electron chi connectivity index (χ2n) is 2.66. The van der Waals surface area contributed by atoms with Gasteiger partial charge in [0.1, 0.15) is 0 Å². The summed E-state index contributed by atoms with van der Waals surface area (Å²) >= 11 is 0. The van der Waals surface area contributed by atoms with Crippen LogP contribution in [0.4, 0.5) is 0 Å². The number of allylic oxidation sites excluding steroid dienone is 1. The number of benzene rings is 1. The van der Waals surface area contributed by atoms with Gasteiger partial charge in [0.25, 0.3) is 0 Å². The summed E-state index contributed by atoms with van der Waals surface area (Å²) in [4.78, 5) is 9.89. The van der Waals surface area contributed by atoms with Crippen LogP contribution in [0.2, 0.25) is 0 Å². The zero-order valence-electron chi connectivity index (χ0n) is 7.08. The first-order chi connectivity index (χ1) is 5.83. The van der Waals surface area contributed by atoms with Crippen molar-refractivity contribution < 1.29 is 4.79 Å². The van der Waals surface area contributed by atoms with Crippen LogP contribution in [0, 0.1) is 6.92 Å². The van der Waals surface area contributed by atoms with Gasteiger partial charge in [-0.05, 0) is 12.5 Å². The first kappa shape index (κ1) is 8.72. The van der Waals surface area contributed by atoms with Crippen LogP contribution >= 0.6 is 0 Å². The van der Waals surface area contributed by atoms with E-state index in [0.29, 0.717) is 6.42 Å². The van der Waals surface area contributed by atoms with Gasteiger partial charge in [-0.15, -0.1) is 0 Å². The lowest BCUT2D eigenvalue weighted by Gasteiger charge is -1.93. The fourth-order valence-electron chi connectivity index (χ4n) is 1.02. The molecule has 1 rings (SSSR count). The molecule has 1 aromatic carbocycles. The van der Waals surface area contributed by atoms with Crippen LogP contribution in [0.1, 0.15) is 17.5 Å². The van der Waals surface area contributed by atoms with Gasteiger partial charge in [-0.25, -0.2) is 0 Å². The fourth-order valence-corrected chi connectivity index (χ4v) is 1.02. The molecule has 0 spiro atoms. The monoisotopic (exact) mass is 159 g/mol. The molecule has 0 fully saturated rings. The molecule has 0 unspecified atom stereocenters. The number of carbonyl (C=O) groups excluding carboxylic acids is 1. The number of aryl methyl sites for hydroxylation is 1. The van der Waals surface area contributed by atoms with E-state index >= 15 is 0 Å². The molecule has 0 aromatic heterocycles. The topological polar surface area (TPSA) is 17.1 Å². The lowest BCUT2D eigenvalue weighted by molar-refractivity contribution is 0.556. The molecule has 0 aliphatic heterocycles. The van der Waals surface area contributed by atoms with Crippen molar-refractivity contribution in [1.29, 1.82) is 0 Å². The van der Waals surface area contributed by atoms with Crippen molar-refractivity contribution >= 4 is 12.4 Å². The summed E-state index contributed by atoms with van der Waals surface area (Å²) in [6.07, 6.45) is 5.92. The van der Waals surface area contributed by atoms with Gasteiger partial charge in [-0.3, -0.25) is 4.79 Å². The molecule has 0 bridgehead atoms. The standard InChI is InChI=1S/C11H11O/c1-10-5-4-7-11(9-10)6-2-3-8-12/h2,4-7,9H,3H2,1H3. The van der Waals surface area contributed by atoms with Gasteiger partial charge < -0.3 is 0 Å². The molecule has 1 nitrogen and oxygen atoms in total. The highest BCUT2D eigenvalue weighted by Crippen LogP contribution is 2.05. The van der Waals surface area contributed by atoms with Crippen molar-refractivity contribution in [2.24, 2.45) is 0 Å². The van der Waals surface area contributed by atoms with Crippen LogP contribution in [-0.4, -0.2) is 6.29 Å². The van der Waals surface area contributed by atoms with E-state index in [9.17, 15) is 4.79 Å². The summed E-state index contributed by atoms with van der Waals surface area (Å²) in [5.41, 5.74) is 2.36. The van der Waals surface area contributed by atoms with Gasteiger partial charge in [0, 0.05) is 6.42 Å². The minimum absolute atomic E-state index is 0.369. The van der Waals surface area contributed by atoms with Crippen LogP contribution in [0.25, 0.3) is 6.08 Å². The first-order valence-corrected chi connectivity index (χ1v) is 3.91. The molecule has 1 radical (unpaired) electrons. The van der Waals surface area contributed by atoms with E-state index < -0.39 is 0 Å². The Morgan fingerprint density at radius 3 is 3.00 bits per heavy atom. The molecular weight excluding hydrogens is 148 g/mol. The average Bonchev–Trinajstić information content (AvgIpc) is 2.05. The predicted octanol–water partition coefficient (Wildman–Crippen LogP) is 2.51. The van der Waals surface area contributed by atoms with Gasteiger partial charge >= 0.3 is 0 Å². The van der Waals surface area contributed by atoms with E-state index in [0.717, 1.165) is 5.56 Å². The molecule has 1 aromatic rings. The van der Waals surface area contributed by atoms with Crippen molar-refractivity contribution in [3.63, 3.8) is 0 Å². The van der Waals surface area contributed by atoms with Gasteiger partial charge in [0.05, 0.1) is 0 Å². The molecule has 0 aliphatic rings. The molecule has 0 saturated heterocycles. The SMILES string of the molecule is Cc1cccc(C=CC[C]=O)c1. The van der Waals surface area contributed by atoms with Crippen molar-refractivity contribution in [3.05, 3.63) is 41.5 Å². The van der Waals surface area contributed by atoms with Crippen molar-refractivity contribution in [2.45, 2.75) is 13.3 Å². The Morgan fingerprint density at radius 1 is 1.50 bits per heavy atom. The third kappa shape index (κ3) is 2.70. The lowest BCUT2D eigenvalue weighted by Crippen LogP contribution is -1.74. The number of rotatable bonds is 3. The van der Waals surface area contributed by atoms with E-state index in [2.05, 4.69) is 6.07 Å². The van der Waals surface area contributed by atoms with Gasteiger partial charge in [0.2, 0.25) is 6.29 Å². The van der Waals surface area contributed by atoms with Crippen LogP contribution in [0.15, 0.2) is 30.3 Å². The smallest absolute Gasteiger partial charge is 0.202 e. The van der Waals surface area contributed by atoms with Gasteiger partial charge in [-0.2, -0.15) is 0 Å². The highest BCUT2D eigenvalue weighted by Gasteiger charge is 1.85.